The number of anilines is 1. The van der Waals surface area contributed by atoms with Crippen molar-refractivity contribution in [1.82, 2.24) is 4.90 Å². The molecule has 0 aliphatic carbocycles. The normalized spacial score (nSPS) is 13.9. The lowest BCUT2D eigenvalue weighted by Crippen LogP contribution is -2.37. The minimum atomic E-state index is -0.0378. The van der Waals surface area contributed by atoms with Crippen LogP contribution in [0, 0.1) is 0 Å². The SMILES string of the molecule is COc1ccc(OC)c(NC(N)=NCC(=O)N2CCc3sccc3C2)c1. The lowest BCUT2D eigenvalue weighted by molar-refractivity contribution is -0.130. The molecule has 1 aromatic heterocycles. The molecule has 3 N–H and O–H groups in total. The number of nitrogens with zero attached hydrogens (tertiary/aromatic N) is 2. The van der Waals surface area contributed by atoms with E-state index in [1.54, 1.807) is 43.8 Å². The number of amides is 1. The Morgan fingerprint density at radius 1 is 1.35 bits per heavy atom. The maximum Gasteiger partial charge on any atom is 0.244 e. The van der Waals surface area contributed by atoms with Crippen molar-refractivity contribution in [1.29, 1.82) is 0 Å². The van der Waals surface area contributed by atoms with Crippen LogP contribution in [0.4, 0.5) is 5.69 Å². The number of rotatable bonds is 5. The van der Waals surface area contributed by atoms with Gasteiger partial charge in [0.1, 0.15) is 18.0 Å². The Bertz CT molecular complexity index is 819. The molecule has 26 heavy (non-hydrogen) atoms. The van der Waals surface area contributed by atoms with Crippen LogP contribution in [-0.2, 0) is 17.8 Å². The average Bonchev–Trinajstić information content (AvgIpc) is 3.13. The molecule has 0 unspecified atom stereocenters. The van der Waals surface area contributed by atoms with Gasteiger partial charge in [-0.05, 0) is 35.6 Å². The molecule has 1 aliphatic rings. The van der Waals surface area contributed by atoms with E-state index in [9.17, 15) is 4.79 Å². The monoisotopic (exact) mass is 374 g/mol. The number of nitrogens with two attached hydrogens (primary N) is 1. The topological polar surface area (TPSA) is 89.2 Å². The minimum Gasteiger partial charge on any atom is -0.497 e. The summed E-state index contributed by atoms with van der Waals surface area (Å²) in [6.45, 7) is 1.37. The number of methoxy groups -OCH3 is 2. The maximum absolute atomic E-state index is 12.4. The van der Waals surface area contributed by atoms with Gasteiger partial charge in [0.25, 0.3) is 0 Å². The summed E-state index contributed by atoms with van der Waals surface area (Å²) in [6.07, 6.45) is 0.900. The van der Waals surface area contributed by atoms with Gasteiger partial charge in [-0.3, -0.25) is 4.79 Å². The number of fused-ring (bicyclic) bond motifs is 1. The third-order valence-electron chi connectivity index (χ3n) is 4.21. The second kappa shape index (κ2) is 8.09. The average molecular weight is 374 g/mol. The molecule has 8 heteroatoms. The van der Waals surface area contributed by atoms with E-state index in [0.29, 0.717) is 23.7 Å². The Morgan fingerprint density at radius 2 is 2.19 bits per heavy atom. The van der Waals surface area contributed by atoms with Crippen LogP contribution in [0.15, 0.2) is 34.6 Å². The van der Waals surface area contributed by atoms with Crippen LogP contribution >= 0.6 is 11.3 Å². The van der Waals surface area contributed by atoms with Gasteiger partial charge >= 0.3 is 0 Å². The Labute approximate surface area is 156 Å². The summed E-state index contributed by atoms with van der Waals surface area (Å²) in [7, 11) is 3.15. The third kappa shape index (κ3) is 4.08. The zero-order valence-electron chi connectivity index (χ0n) is 14.8. The molecule has 2 heterocycles. The van der Waals surface area contributed by atoms with E-state index in [0.717, 1.165) is 13.0 Å². The van der Waals surface area contributed by atoms with E-state index in [1.165, 1.54) is 10.4 Å². The first kappa shape index (κ1) is 18.1. The molecule has 1 amide bonds. The van der Waals surface area contributed by atoms with Crippen LogP contribution in [0.25, 0.3) is 0 Å². The van der Waals surface area contributed by atoms with Crippen LogP contribution < -0.4 is 20.5 Å². The van der Waals surface area contributed by atoms with Crippen LogP contribution in [0.5, 0.6) is 11.5 Å². The summed E-state index contributed by atoms with van der Waals surface area (Å²) in [5.74, 6) is 1.38. The van der Waals surface area contributed by atoms with Crippen LogP contribution in [-0.4, -0.2) is 44.1 Å². The van der Waals surface area contributed by atoms with Crippen molar-refractivity contribution in [3.05, 3.63) is 40.1 Å². The summed E-state index contributed by atoms with van der Waals surface area (Å²) in [5.41, 5.74) is 7.79. The number of carbonyl (C=O) groups excluding carboxylic acids is 1. The minimum absolute atomic E-state index is 0.00455. The Kier molecular flexibility index (Phi) is 5.62. The highest BCUT2D eigenvalue weighted by atomic mass is 32.1. The Hall–Kier alpha value is -2.74. The summed E-state index contributed by atoms with van der Waals surface area (Å²) in [5, 5.41) is 5.03. The quantitative estimate of drug-likeness (QED) is 0.618. The highest BCUT2D eigenvalue weighted by molar-refractivity contribution is 7.10. The van der Waals surface area contributed by atoms with Gasteiger partial charge in [0.05, 0.1) is 19.9 Å². The van der Waals surface area contributed by atoms with E-state index >= 15 is 0 Å². The number of carbonyl (C=O) groups is 1. The standard InChI is InChI=1S/C18H22N4O3S/c1-24-13-3-4-15(25-2)14(9-13)21-18(19)20-10-17(23)22-7-5-16-12(11-22)6-8-26-16/h3-4,6,8-9H,5,7,10-11H2,1-2H3,(H3,19,20,21). The first-order chi connectivity index (χ1) is 12.6. The van der Waals surface area contributed by atoms with Crippen LogP contribution in [0.2, 0.25) is 0 Å². The Morgan fingerprint density at radius 3 is 2.96 bits per heavy atom. The molecule has 0 radical (unpaired) electrons. The van der Waals surface area contributed by atoms with Crippen molar-refractivity contribution >= 4 is 28.9 Å². The van der Waals surface area contributed by atoms with Gasteiger partial charge in [-0.15, -0.1) is 11.3 Å². The maximum atomic E-state index is 12.4. The van der Waals surface area contributed by atoms with Crippen molar-refractivity contribution in [3.63, 3.8) is 0 Å². The highest BCUT2D eigenvalue weighted by Gasteiger charge is 2.21. The van der Waals surface area contributed by atoms with E-state index < -0.39 is 0 Å². The molecule has 2 aromatic rings. The number of hydrogen-bond acceptors (Lipinski definition) is 5. The molecular formula is C18H22N4O3S. The van der Waals surface area contributed by atoms with Crippen LogP contribution in [0.1, 0.15) is 10.4 Å². The summed E-state index contributed by atoms with van der Waals surface area (Å²) in [6, 6.07) is 7.39. The molecule has 1 aliphatic heterocycles. The summed E-state index contributed by atoms with van der Waals surface area (Å²) >= 11 is 1.75. The molecule has 0 saturated carbocycles. The van der Waals surface area contributed by atoms with Crippen molar-refractivity contribution in [2.24, 2.45) is 10.7 Å². The smallest absolute Gasteiger partial charge is 0.244 e. The van der Waals surface area contributed by atoms with Gasteiger partial charge in [-0.25, -0.2) is 4.99 Å². The molecule has 0 fully saturated rings. The molecule has 0 saturated heterocycles. The molecule has 0 bridgehead atoms. The molecule has 138 valence electrons. The third-order valence-corrected chi connectivity index (χ3v) is 5.24. The van der Waals surface area contributed by atoms with E-state index in [2.05, 4.69) is 21.8 Å². The predicted molar refractivity (Wildman–Crippen MR) is 103 cm³/mol. The number of nitrogens with one attached hydrogen (secondary N) is 1. The van der Waals surface area contributed by atoms with Crippen molar-refractivity contribution in [2.75, 3.05) is 32.6 Å². The predicted octanol–water partition coefficient (Wildman–Crippen LogP) is 2.08. The van der Waals surface area contributed by atoms with Crippen LogP contribution in [0.3, 0.4) is 0 Å². The molecular weight excluding hydrogens is 352 g/mol. The van der Waals surface area contributed by atoms with E-state index in [-0.39, 0.29) is 18.4 Å². The fourth-order valence-corrected chi connectivity index (χ4v) is 3.69. The van der Waals surface area contributed by atoms with Crippen molar-refractivity contribution in [2.45, 2.75) is 13.0 Å². The fourth-order valence-electron chi connectivity index (χ4n) is 2.80. The van der Waals surface area contributed by atoms with Gasteiger partial charge in [-0.1, -0.05) is 0 Å². The Balaban J connectivity index is 1.61. The summed E-state index contributed by atoms with van der Waals surface area (Å²) in [4.78, 5) is 19.8. The van der Waals surface area contributed by atoms with Gasteiger partial charge in [0.2, 0.25) is 5.91 Å². The fraction of sp³-hybridized carbons (Fsp3) is 0.333. The number of ether oxygens (including phenoxy) is 2. The molecule has 3 rings (SSSR count). The van der Waals surface area contributed by atoms with E-state index in [4.69, 9.17) is 15.2 Å². The van der Waals surface area contributed by atoms with Gasteiger partial charge in [-0.2, -0.15) is 0 Å². The lowest BCUT2D eigenvalue weighted by atomic mass is 10.1. The largest absolute Gasteiger partial charge is 0.497 e. The number of hydrogen-bond donors (Lipinski definition) is 2. The number of aliphatic imine (C=N–C) groups is 1. The second-order valence-electron chi connectivity index (χ2n) is 5.83. The van der Waals surface area contributed by atoms with Gasteiger partial charge < -0.3 is 25.4 Å². The summed E-state index contributed by atoms with van der Waals surface area (Å²) < 4.78 is 10.5. The molecule has 0 spiro atoms. The number of guanidine groups is 1. The number of thiophene rings is 1. The van der Waals surface area contributed by atoms with Gasteiger partial charge in [0, 0.05) is 24.0 Å². The first-order valence-corrected chi connectivity index (χ1v) is 9.10. The van der Waals surface area contributed by atoms with Crippen molar-refractivity contribution < 1.29 is 14.3 Å². The zero-order chi connectivity index (χ0) is 18.5. The zero-order valence-corrected chi connectivity index (χ0v) is 15.6. The van der Waals surface area contributed by atoms with Crippen molar-refractivity contribution in [3.8, 4) is 11.5 Å². The molecule has 0 atom stereocenters. The first-order valence-electron chi connectivity index (χ1n) is 8.22. The number of benzene rings is 1. The lowest BCUT2D eigenvalue weighted by Gasteiger charge is -2.26. The highest BCUT2D eigenvalue weighted by Crippen LogP contribution is 2.28. The van der Waals surface area contributed by atoms with E-state index in [1.807, 2.05) is 4.90 Å². The van der Waals surface area contributed by atoms with Gasteiger partial charge in [0.15, 0.2) is 5.96 Å². The molecule has 1 aromatic carbocycles. The molecule has 7 nitrogen and oxygen atoms in total. The second-order valence-corrected chi connectivity index (χ2v) is 6.83.